The molecule has 1 heterocycles. The third-order valence-corrected chi connectivity index (χ3v) is 5.93. The van der Waals surface area contributed by atoms with Crippen molar-refractivity contribution < 1.29 is 14.6 Å². The lowest BCUT2D eigenvalue weighted by atomic mass is 10.1. The molecule has 36 heavy (non-hydrogen) atoms. The minimum absolute atomic E-state index is 0.305. The molecule has 1 aromatic heterocycles. The van der Waals surface area contributed by atoms with Crippen molar-refractivity contribution in [2.45, 2.75) is 39.5 Å². The van der Waals surface area contributed by atoms with Gasteiger partial charge in [0.15, 0.2) is 0 Å². The van der Waals surface area contributed by atoms with Crippen molar-refractivity contribution in [3.63, 3.8) is 0 Å². The smallest absolute Gasteiger partial charge is 0.227 e. The molecule has 0 amide bonds. The third kappa shape index (κ3) is 6.82. The van der Waals surface area contributed by atoms with Crippen molar-refractivity contribution in [2.24, 2.45) is 0 Å². The number of aromatic nitrogens is 2. The summed E-state index contributed by atoms with van der Waals surface area (Å²) in [6.07, 6.45) is 0.169. The summed E-state index contributed by atoms with van der Waals surface area (Å²) in [6, 6.07) is 30.2. The zero-order chi connectivity index (χ0) is 25.2. The van der Waals surface area contributed by atoms with Gasteiger partial charge >= 0.3 is 0 Å². The number of hydrogen-bond acceptors (Lipinski definition) is 5. The number of aliphatic hydroxyl groups excluding tert-OH is 1. The standard InChI is InChI=1S/C30H35N3O3/c1-3-29-28(22-32(21-26(34)23-35-4-2)20-24-14-8-5-9-15-24)30(36-27-18-12-7-13-19-27)33(31-29)25-16-10-6-11-17-25/h5-19,26,34H,3-4,20-23H2,1-2H3/t26-/m1/s1. The highest BCUT2D eigenvalue weighted by molar-refractivity contribution is 5.43. The van der Waals surface area contributed by atoms with Gasteiger partial charge in [0.25, 0.3) is 0 Å². The van der Waals surface area contributed by atoms with Gasteiger partial charge in [-0.05, 0) is 43.2 Å². The molecule has 1 atom stereocenters. The van der Waals surface area contributed by atoms with Crippen LogP contribution in [0.4, 0.5) is 0 Å². The van der Waals surface area contributed by atoms with E-state index < -0.39 is 6.10 Å². The van der Waals surface area contributed by atoms with Crippen LogP contribution in [0.3, 0.4) is 0 Å². The predicted octanol–water partition coefficient (Wildman–Crippen LogP) is 5.63. The van der Waals surface area contributed by atoms with Crippen LogP contribution in [0.5, 0.6) is 11.6 Å². The lowest BCUT2D eigenvalue weighted by Gasteiger charge is -2.25. The minimum Gasteiger partial charge on any atom is -0.439 e. The van der Waals surface area contributed by atoms with E-state index in [9.17, 15) is 5.11 Å². The van der Waals surface area contributed by atoms with E-state index in [2.05, 4.69) is 24.0 Å². The Morgan fingerprint density at radius 3 is 2.14 bits per heavy atom. The van der Waals surface area contributed by atoms with Crippen molar-refractivity contribution in [3.05, 3.63) is 108 Å². The van der Waals surface area contributed by atoms with Gasteiger partial charge in [-0.25, -0.2) is 4.68 Å². The molecular formula is C30H35N3O3. The van der Waals surface area contributed by atoms with E-state index in [-0.39, 0.29) is 0 Å². The summed E-state index contributed by atoms with van der Waals surface area (Å²) in [7, 11) is 0. The summed E-state index contributed by atoms with van der Waals surface area (Å²) in [5, 5.41) is 15.7. The Balaban J connectivity index is 1.72. The second-order valence-corrected chi connectivity index (χ2v) is 8.71. The molecule has 0 unspecified atom stereocenters. The van der Waals surface area contributed by atoms with Crippen LogP contribution in [0.1, 0.15) is 30.7 Å². The Labute approximate surface area is 213 Å². The number of ether oxygens (including phenoxy) is 2. The Kier molecular flexibility index (Phi) is 9.27. The number of aryl methyl sites for hydroxylation is 1. The van der Waals surface area contributed by atoms with Crippen LogP contribution in [-0.2, 0) is 24.2 Å². The Bertz CT molecular complexity index is 1180. The monoisotopic (exact) mass is 485 g/mol. The lowest BCUT2D eigenvalue weighted by Crippen LogP contribution is -2.34. The summed E-state index contributed by atoms with van der Waals surface area (Å²) in [5.41, 5.74) is 4.11. The van der Waals surface area contributed by atoms with E-state index in [1.165, 1.54) is 5.56 Å². The van der Waals surface area contributed by atoms with Gasteiger partial charge in [0.1, 0.15) is 5.75 Å². The SMILES string of the molecule is CCOC[C@H](O)CN(Cc1ccccc1)Cc1c(CC)nn(-c2ccccc2)c1Oc1ccccc1. The Morgan fingerprint density at radius 1 is 0.861 bits per heavy atom. The number of hydrogen-bond donors (Lipinski definition) is 1. The highest BCUT2D eigenvalue weighted by Crippen LogP contribution is 2.32. The maximum Gasteiger partial charge on any atom is 0.227 e. The minimum atomic E-state index is -0.596. The van der Waals surface area contributed by atoms with E-state index in [4.69, 9.17) is 14.6 Å². The van der Waals surface area contributed by atoms with E-state index in [1.54, 1.807) is 0 Å². The van der Waals surface area contributed by atoms with Gasteiger partial charge in [-0.2, -0.15) is 5.10 Å². The van der Waals surface area contributed by atoms with Crippen molar-refractivity contribution in [3.8, 4) is 17.3 Å². The van der Waals surface area contributed by atoms with Crippen LogP contribution < -0.4 is 4.74 Å². The Hall–Kier alpha value is -3.45. The molecule has 6 heteroatoms. The highest BCUT2D eigenvalue weighted by Gasteiger charge is 2.24. The molecule has 4 rings (SSSR count). The first-order valence-corrected chi connectivity index (χ1v) is 12.6. The largest absolute Gasteiger partial charge is 0.439 e. The summed E-state index contributed by atoms with van der Waals surface area (Å²) >= 11 is 0. The van der Waals surface area contributed by atoms with E-state index in [0.717, 1.165) is 29.1 Å². The first kappa shape index (κ1) is 25.6. The van der Waals surface area contributed by atoms with Gasteiger partial charge < -0.3 is 14.6 Å². The van der Waals surface area contributed by atoms with Gasteiger partial charge in [0.05, 0.1) is 29.7 Å². The molecular weight excluding hydrogens is 450 g/mol. The fourth-order valence-corrected chi connectivity index (χ4v) is 4.22. The zero-order valence-electron chi connectivity index (χ0n) is 21.1. The molecule has 0 aliphatic carbocycles. The van der Waals surface area contributed by atoms with Gasteiger partial charge in [0.2, 0.25) is 5.88 Å². The molecule has 0 saturated heterocycles. The normalized spacial score (nSPS) is 12.1. The van der Waals surface area contributed by atoms with Crippen LogP contribution >= 0.6 is 0 Å². The maximum atomic E-state index is 10.7. The van der Waals surface area contributed by atoms with Crippen LogP contribution in [-0.4, -0.2) is 45.6 Å². The van der Waals surface area contributed by atoms with Gasteiger partial charge in [-0.15, -0.1) is 0 Å². The molecule has 0 radical (unpaired) electrons. The molecule has 0 fully saturated rings. The number of para-hydroxylation sites is 2. The quantitative estimate of drug-likeness (QED) is 0.266. The van der Waals surface area contributed by atoms with E-state index in [1.807, 2.05) is 90.5 Å². The molecule has 1 N–H and O–H groups in total. The fraction of sp³-hybridized carbons (Fsp3) is 0.300. The molecule has 0 aliphatic rings. The summed E-state index contributed by atoms with van der Waals surface area (Å²) in [6.45, 7) is 6.67. The van der Waals surface area contributed by atoms with Crippen molar-refractivity contribution in [1.29, 1.82) is 0 Å². The topological polar surface area (TPSA) is 59.8 Å². The summed E-state index contributed by atoms with van der Waals surface area (Å²) in [4.78, 5) is 2.24. The third-order valence-electron chi connectivity index (χ3n) is 5.93. The van der Waals surface area contributed by atoms with Gasteiger partial charge in [-0.1, -0.05) is 73.7 Å². The molecule has 188 valence electrons. The molecule has 4 aromatic rings. The zero-order valence-corrected chi connectivity index (χ0v) is 21.1. The predicted molar refractivity (Wildman–Crippen MR) is 143 cm³/mol. The van der Waals surface area contributed by atoms with Crippen molar-refractivity contribution >= 4 is 0 Å². The van der Waals surface area contributed by atoms with Crippen LogP contribution in [0.15, 0.2) is 91.0 Å². The van der Waals surface area contributed by atoms with Crippen molar-refractivity contribution in [2.75, 3.05) is 19.8 Å². The second-order valence-electron chi connectivity index (χ2n) is 8.71. The molecule has 0 saturated carbocycles. The molecule has 0 aliphatic heterocycles. The second kappa shape index (κ2) is 13.0. The highest BCUT2D eigenvalue weighted by atomic mass is 16.5. The number of nitrogens with zero attached hydrogens (tertiary/aromatic N) is 3. The molecule has 0 bridgehead atoms. The molecule has 0 spiro atoms. The van der Waals surface area contributed by atoms with E-state index >= 15 is 0 Å². The molecule has 3 aromatic carbocycles. The average Bonchev–Trinajstić information content (AvgIpc) is 3.25. The number of aliphatic hydroxyl groups is 1. The van der Waals surface area contributed by atoms with E-state index in [0.29, 0.717) is 38.7 Å². The van der Waals surface area contributed by atoms with Crippen LogP contribution in [0.2, 0.25) is 0 Å². The molecule has 6 nitrogen and oxygen atoms in total. The first-order chi connectivity index (χ1) is 17.7. The Morgan fingerprint density at radius 2 is 1.50 bits per heavy atom. The summed E-state index contributed by atoms with van der Waals surface area (Å²) < 4.78 is 13.9. The van der Waals surface area contributed by atoms with Gasteiger partial charge in [0, 0.05) is 26.2 Å². The van der Waals surface area contributed by atoms with Crippen LogP contribution in [0.25, 0.3) is 5.69 Å². The maximum absolute atomic E-state index is 10.7. The van der Waals surface area contributed by atoms with Crippen molar-refractivity contribution in [1.82, 2.24) is 14.7 Å². The first-order valence-electron chi connectivity index (χ1n) is 12.6. The summed E-state index contributed by atoms with van der Waals surface area (Å²) in [5.74, 6) is 1.45. The van der Waals surface area contributed by atoms with Crippen LogP contribution in [0, 0.1) is 0 Å². The van der Waals surface area contributed by atoms with Gasteiger partial charge in [-0.3, -0.25) is 4.90 Å². The number of benzene rings is 3. The number of rotatable bonds is 13. The average molecular weight is 486 g/mol. The fourth-order valence-electron chi connectivity index (χ4n) is 4.22. The lowest BCUT2D eigenvalue weighted by molar-refractivity contribution is 0.0178.